The van der Waals surface area contributed by atoms with Gasteiger partial charge in [-0.3, -0.25) is 4.79 Å². The zero-order valence-electron chi connectivity index (χ0n) is 33.5. The van der Waals surface area contributed by atoms with Gasteiger partial charge in [0.05, 0.1) is 56.7 Å². The number of carbonyl (C=O) groups excluding carboxylic acids is 1. The van der Waals surface area contributed by atoms with Crippen LogP contribution in [0.3, 0.4) is 0 Å². The number of fused-ring (bicyclic) bond motifs is 2. The number of hydrogen-bond acceptors (Lipinski definition) is 12. The highest BCUT2D eigenvalue weighted by atomic mass is 35.5. The van der Waals surface area contributed by atoms with E-state index in [0.717, 1.165) is 25.9 Å². The van der Waals surface area contributed by atoms with Crippen molar-refractivity contribution in [3.8, 4) is 23.0 Å². The summed E-state index contributed by atoms with van der Waals surface area (Å²) in [5.41, 5.74) is 1.36. The second-order valence-electron chi connectivity index (χ2n) is 14.8. The van der Waals surface area contributed by atoms with Gasteiger partial charge in [0.15, 0.2) is 34.6 Å². The van der Waals surface area contributed by atoms with Crippen molar-refractivity contribution in [2.75, 3.05) is 57.6 Å². The van der Waals surface area contributed by atoms with Crippen LogP contribution in [0.5, 0.6) is 23.0 Å². The summed E-state index contributed by atoms with van der Waals surface area (Å²) in [5.74, 6) is 1.41. The maximum Gasteiger partial charge on any atom is 0.223 e. The summed E-state index contributed by atoms with van der Waals surface area (Å²) in [6.45, 7) is 3.26. The van der Waals surface area contributed by atoms with Crippen molar-refractivity contribution >= 4 is 97.1 Å². The van der Waals surface area contributed by atoms with Gasteiger partial charge in [0.2, 0.25) is 5.91 Å². The van der Waals surface area contributed by atoms with Crippen LogP contribution in [0.4, 0.5) is 31.8 Å². The fraction of sp³-hybridized carbons (Fsp3) is 0.326. The third-order valence-corrected chi connectivity index (χ3v) is 12.5. The molecule has 2 fully saturated rings. The maximum absolute atomic E-state index is 14.9. The number of benzene rings is 4. The molecule has 0 atom stereocenters. The van der Waals surface area contributed by atoms with Crippen LogP contribution < -0.4 is 29.6 Å². The molecule has 0 bridgehead atoms. The molecule has 0 saturated carbocycles. The van der Waals surface area contributed by atoms with Crippen LogP contribution in [0.25, 0.3) is 21.8 Å². The predicted molar refractivity (Wildman–Crippen MR) is 237 cm³/mol. The van der Waals surface area contributed by atoms with Gasteiger partial charge in [0.1, 0.15) is 36.5 Å². The van der Waals surface area contributed by atoms with Crippen molar-refractivity contribution < 1.29 is 32.5 Å². The average Bonchev–Trinajstić information content (AvgIpc) is 3.29. The molecule has 8 rings (SSSR count). The number of rotatable bonds is 13. The Morgan fingerprint density at radius 2 is 1.11 bits per heavy atom. The fourth-order valence-electron chi connectivity index (χ4n) is 7.58. The number of aromatic nitrogens is 4. The summed E-state index contributed by atoms with van der Waals surface area (Å²) in [4.78, 5) is 35.0. The molecule has 13 nitrogen and oxygen atoms in total. The van der Waals surface area contributed by atoms with Crippen molar-refractivity contribution in [1.29, 1.82) is 0 Å². The smallest absolute Gasteiger partial charge is 0.223 e. The lowest BCUT2D eigenvalue weighted by molar-refractivity contribution is -0.133. The van der Waals surface area contributed by atoms with E-state index < -0.39 is 11.6 Å². The molecule has 4 heterocycles. The highest BCUT2D eigenvalue weighted by Gasteiger charge is 2.28. The summed E-state index contributed by atoms with van der Waals surface area (Å²) >= 11 is 24.0. The Balaban J connectivity index is 0.831. The number of ether oxygens (including phenoxy) is 4. The lowest BCUT2D eigenvalue weighted by Gasteiger charge is -2.34. The zero-order valence-corrected chi connectivity index (χ0v) is 36.5. The third kappa shape index (κ3) is 9.42. The first-order valence-electron chi connectivity index (χ1n) is 19.8. The number of likely N-dealkylation sites (tertiary alicyclic amines) is 2. The Kier molecular flexibility index (Phi) is 13.4. The van der Waals surface area contributed by atoms with E-state index in [1.807, 2.05) is 4.90 Å². The monoisotopic (exact) mass is 926 g/mol. The first-order valence-corrected chi connectivity index (χ1v) is 21.3. The van der Waals surface area contributed by atoms with Crippen molar-refractivity contribution in [2.45, 2.75) is 44.3 Å². The Morgan fingerprint density at radius 1 is 0.661 bits per heavy atom. The molecule has 1 amide bonds. The van der Waals surface area contributed by atoms with Crippen molar-refractivity contribution in [3.63, 3.8) is 0 Å². The van der Waals surface area contributed by atoms with Gasteiger partial charge in [-0.1, -0.05) is 46.4 Å². The largest absolute Gasteiger partial charge is 0.493 e. The van der Waals surface area contributed by atoms with Gasteiger partial charge in [-0.25, -0.2) is 28.7 Å². The minimum absolute atomic E-state index is 0.0944. The molecule has 6 aromatic rings. The normalized spacial score (nSPS) is 15.2. The van der Waals surface area contributed by atoms with Crippen LogP contribution in [0.15, 0.2) is 61.2 Å². The number of carbonyl (C=O) groups is 1. The van der Waals surface area contributed by atoms with Gasteiger partial charge in [-0.05, 0) is 49.2 Å². The maximum atomic E-state index is 14.9. The minimum Gasteiger partial charge on any atom is -0.493 e. The molecule has 0 spiro atoms. The van der Waals surface area contributed by atoms with E-state index in [1.54, 1.807) is 38.5 Å². The molecule has 2 saturated heterocycles. The average molecular weight is 929 g/mol. The van der Waals surface area contributed by atoms with Crippen LogP contribution in [-0.4, -0.2) is 94.8 Å². The highest BCUT2D eigenvalue weighted by molar-refractivity contribution is 6.42. The fourth-order valence-corrected chi connectivity index (χ4v) is 8.20. The number of piperidine rings is 2. The Bertz CT molecular complexity index is 2630. The SMILES string of the molecule is COc1cc2ncnc(Nc3ccc(Cl)c(Cl)c3F)c2cc1OC1CCN(CCC(=O)N2CCC(Oc3cc4c(Nc5ccc(Cl)c(Cl)c5F)ncnc4cc3OC)CC2)CC1. The first kappa shape index (κ1) is 43.5. The van der Waals surface area contributed by atoms with E-state index in [4.69, 9.17) is 65.4 Å². The van der Waals surface area contributed by atoms with E-state index in [0.29, 0.717) is 95.3 Å². The molecule has 0 aliphatic carbocycles. The summed E-state index contributed by atoms with van der Waals surface area (Å²) in [5, 5.41) is 7.01. The Labute approximate surface area is 375 Å². The van der Waals surface area contributed by atoms with Gasteiger partial charge in [0, 0.05) is 74.9 Å². The molecule has 324 valence electrons. The third-order valence-electron chi connectivity index (χ3n) is 11.0. The molecule has 62 heavy (non-hydrogen) atoms. The number of nitrogens with zero attached hydrogens (tertiary/aromatic N) is 6. The Morgan fingerprint density at radius 3 is 1.56 bits per heavy atom. The van der Waals surface area contributed by atoms with Gasteiger partial charge in [0.25, 0.3) is 0 Å². The molecule has 4 aromatic carbocycles. The van der Waals surface area contributed by atoms with Crippen LogP contribution in [0.2, 0.25) is 20.1 Å². The summed E-state index contributed by atoms with van der Waals surface area (Å²) in [7, 11) is 3.11. The number of anilines is 4. The number of hydrogen-bond donors (Lipinski definition) is 2. The molecule has 0 unspecified atom stereocenters. The second kappa shape index (κ2) is 19.1. The van der Waals surface area contributed by atoms with Gasteiger partial charge >= 0.3 is 0 Å². The van der Waals surface area contributed by atoms with Crippen LogP contribution in [0, 0.1) is 11.6 Å². The topological polar surface area (TPSA) is 136 Å². The summed E-state index contributed by atoms with van der Waals surface area (Å²) in [6, 6.07) is 13.0. The molecule has 19 heteroatoms. The molecular weight excluding hydrogens is 888 g/mol. The van der Waals surface area contributed by atoms with Gasteiger partial charge in [-0.2, -0.15) is 0 Å². The predicted octanol–water partition coefficient (Wildman–Crippen LogP) is 10.3. The Hall–Kier alpha value is -5.19. The molecule has 2 aliphatic rings. The highest BCUT2D eigenvalue weighted by Crippen LogP contribution is 2.40. The number of halogens is 6. The van der Waals surface area contributed by atoms with E-state index >= 15 is 0 Å². The van der Waals surface area contributed by atoms with Crippen LogP contribution >= 0.6 is 46.4 Å². The minimum atomic E-state index is -0.699. The summed E-state index contributed by atoms with van der Waals surface area (Å²) in [6.07, 6.45) is 5.65. The van der Waals surface area contributed by atoms with Crippen LogP contribution in [0.1, 0.15) is 32.1 Å². The van der Waals surface area contributed by atoms with E-state index in [2.05, 4.69) is 35.5 Å². The molecule has 0 radical (unpaired) electrons. The first-order chi connectivity index (χ1) is 30.0. The zero-order chi connectivity index (χ0) is 43.5. The van der Waals surface area contributed by atoms with Crippen LogP contribution in [-0.2, 0) is 4.79 Å². The lowest BCUT2D eigenvalue weighted by atomic mass is 10.1. The molecule has 2 aromatic heterocycles. The summed E-state index contributed by atoms with van der Waals surface area (Å²) < 4.78 is 54.0. The standard InChI is InChI=1S/C43H40Cl4F2N8O5/c1-59-33-19-31-25(42(52-21-50-31)54-29-5-3-27(44)38(46)40(29)48)17-35(33)61-23-7-12-56(13-8-23)14-11-37(58)57-15-9-24(10-16-57)62-36-18-26-32(20-34(36)60-2)51-22-53-43(26)55-30-6-4-28(45)39(47)41(30)49/h3-6,17-24H,7-16H2,1-2H3,(H,50,52,54)(H,51,53,55). The van der Waals surface area contributed by atoms with Crippen molar-refractivity contribution in [2.24, 2.45) is 0 Å². The molecule has 2 N–H and O–H groups in total. The lowest BCUT2D eigenvalue weighted by Crippen LogP contribution is -2.44. The van der Waals surface area contributed by atoms with E-state index in [1.165, 1.54) is 36.9 Å². The van der Waals surface area contributed by atoms with Crippen molar-refractivity contribution in [3.05, 3.63) is 92.9 Å². The molecular formula is C43H40Cl4F2N8O5. The quantitative estimate of drug-likeness (QED) is 0.107. The van der Waals surface area contributed by atoms with Crippen molar-refractivity contribution in [1.82, 2.24) is 29.7 Å². The number of amides is 1. The van der Waals surface area contributed by atoms with E-state index in [9.17, 15) is 13.6 Å². The van der Waals surface area contributed by atoms with Gasteiger partial charge < -0.3 is 39.4 Å². The van der Waals surface area contributed by atoms with Gasteiger partial charge in [-0.15, -0.1) is 0 Å². The second-order valence-corrected chi connectivity index (χ2v) is 16.4. The number of nitrogens with one attached hydrogen (secondary N) is 2. The molecule has 2 aliphatic heterocycles. The number of methoxy groups -OCH3 is 2. The van der Waals surface area contributed by atoms with E-state index in [-0.39, 0.29) is 49.6 Å².